The number of nitrogens with zero attached hydrogens (tertiary/aromatic N) is 2. The molecule has 1 aromatic heterocycles. The van der Waals surface area contributed by atoms with Gasteiger partial charge in [0.15, 0.2) is 0 Å². The second-order valence-corrected chi connectivity index (χ2v) is 19.4. The molecule has 1 heterocycles. The summed E-state index contributed by atoms with van der Waals surface area (Å²) in [5.74, 6) is 0. The fraction of sp³-hybridized carbons (Fsp3) is 0.0435. The molecule has 11 aromatic carbocycles. The molecule has 0 bridgehead atoms. The Morgan fingerprint density at radius 2 is 0.676 bits per heavy atom. The van der Waals surface area contributed by atoms with Crippen LogP contribution < -0.4 is 4.90 Å². The summed E-state index contributed by atoms with van der Waals surface area (Å²) in [6, 6.07) is 97.8. The van der Waals surface area contributed by atoms with Gasteiger partial charge in [-0.2, -0.15) is 0 Å². The van der Waals surface area contributed by atoms with Gasteiger partial charge in [-0.05, 0) is 157 Å². The van der Waals surface area contributed by atoms with Gasteiger partial charge in [0.05, 0.1) is 11.0 Å². The Morgan fingerprint density at radius 3 is 1.25 bits per heavy atom. The van der Waals surface area contributed by atoms with Crippen LogP contribution in [-0.4, -0.2) is 4.57 Å². The number of hydrogen-bond donors (Lipinski definition) is 0. The highest BCUT2D eigenvalue weighted by Gasteiger charge is 2.35. The molecule has 13 rings (SSSR count). The van der Waals surface area contributed by atoms with E-state index in [-0.39, 0.29) is 5.41 Å². The van der Waals surface area contributed by atoms with Gasteiger partial charge in [-0.1, -0.05) is 202 Å². The van der Waals surface area contributed by atoms with Crippen LogP contribution in [0.1, 0.15) is 25.0 Å². The average Bonchev–Trinajstić information content (AvgIpc) is 3.89. The van der Waals surface area contributed by atoms with Crippen LogP contribution in [0.25, 0.3) is 94.3 Å². The Kier molecular flexibility index (Phi) is 10.2. The summed E-state index contributed by atoms with van der Waals surface area (Å²) in [4.78, 5) is 2.40. The fourth-order valence-corrected chi connectivity index (χ4v) is 11.1. The van der Waals surface area contributed by atoms with E-state index in [9.17, 15) is 0 Å². The van der Waals surface area contributed by atoms with Crippen molar-refractivity contribution in [3.63, 3.8) is 0 Å². The van der Waals surface area contributed by atoms with E-state index in [2.05, 4.69) is 290 Å². The molecule has 12 aromatic rings. The van der Waals surface area contributed by atoms with Gasteiger partial charge in [0.2, 0.25) is 0 Å². The van der Waals surface area contributed by atoms with E-state index in [1.165, 1.54) is 99.7 Å². The maximum Gasteiger partial charge on any atom is 0.0541 e. The highest BCUT2D eigenvalue weighted by Crippen LogP contribution is 2.51. The van der Waals surface area contributed by atoms with Crippen LogP contribution in [0, 0.1) is 0 Å². The van der Waals surface area contributed by atoms with E-state index in [0.29, 0.717) is 0 Å². The molecule has 2 nitrogen and oxygen atoms in total. The van der Waals surface area contributed by atoms with Crippen LogP contribution in [-0.2, 0) is 5.41 Å². The van der Waals surface area contributed by atoms with Gasteiger partial charge in [0.1, 0.15) is 0 Å². The zero-order valence-corrected chi connectivity index (χ0v) is 39.8. The van der Waals surface area contributed by atoms with Gasteiger partial charge >= 0.3 is 0 Å². The molecule has 71 heavy (non-hydrogen) atoms. The number of fused-ring (bicyclic) bond motifs is 6. The molecular weight excluding hydrogens is 857 g/mol. The van der Waals surface area contributed by atoms with E-state index in [4.69, 9.17) is 0 Å². The monoisotopic (exact) mass is 906 g/mol. The van der Waals surface area contributed by atoms with Gasteiger partial charge in [-0.3, -0.25) is 0 Å². The SMILES string of the molecule is CC1(C)c2ccccc2-c2ccc(N(c3ccc(-c4ccccc4)cc3)c3ccc(-c4cccc(-c5cccc(-n6c7ccc(-c8ccccc8)cc7c7cc(-c8ccccc8)ccc76)c5)c4)cc3)cc21. The molecule has 0 amide bonds. The third-order valence-electron chi connectivity index (χ3n) is 14.8. The Labute approximate surface area is 416 Å². The topological polar surface area (TPSA) is 8.17 Å². The van der Waals surface area contributed by atoms with Crippen LogP contribution in [0.5, 0.6) is 0 Å². The molecular formula is C69H50N2. The first-order valence-corrected chi connectivity index (χ1v) is 24.7. The normalized spacial score (nSPS) is 12.5. The number of anilines is 3. The summed E-state index contributed by atoms with van der Waals surface area (Å²) in [6.45, 7) is 4.71. The van der Waals surface area contributed by atoms with E-state index in [1.54, 1.807) is 0 Å². The minimum absolute atomic E-state index is 0.109. The lowest BCUT2D eigenvalue weighted by molar-refractivity contribution is 0.660. The molecule has 0 N–H and O–H groups in total. The van der Waals surface area contributed by atoms with Crippen molar-refractivity contribution < 1.29 is 0 Å². The molecule has 0 radical (unpaired) electrons. The predicted molar refractivity (Wildman–Crippen MR) is 300 cm³/mol. The molecule has 2 heteroatoms. The maximum atomic E-state index is 2.43. The summed E-state index contributed by atoms with van der Waals surface area (Å²) in [5.41, 5.74) is 24.1. The quantitative estimate of drug-likeness (QED) is 0.140. The molecule has 0 saturated heterocycles. The van der Waals surface area contributed by atoms with E-state index in [0.717, 1.165) is 22.7 Å². The summed E-state index contributed by atoms with van der Waals surface area (Å²) in [7, 11) is 0. The highest BCUT2D eigenvalue weighted by atomic mass is 15.1. The molecule has 0 aliphatic heterocycles. The second kappa shape index (κ2) is 17.2. The molecule has 0 saturated carbocycles. The van der Waals surface area contributed by atoms with Crippen LogP contribution in [0.15, 0.2) is 267 Å². The van der Waals surface area contributed by atoms with E-state index < -0.39 is 0 Å². The van der Waals surface area contributed by atoms with Crippen molar-refractivity contribution in [2.45, 2.75) is 19.3 Å². The van der Waals surface area contributed by atoms with Gasteiger partial charge < -0.3 is 9.47 Å². The smallest absolute Gasteiger partial charge is 0.0541 e. The second-order valence-electron chi connectivity index (χ2n) is 19.4. The predicted octanol–water partition coefficient (Wildman–Crippen LogP) is 18.9. The van der Waals surface area contributed by atoms with Crippen molar-refractivity contribution in [3.05, 3.63) is 278 Å². The zero-order chi connectivity index (χ0) is 47.5. The lowest BCUT2D eigenvalue weighted by atomic mass is 9.82. The van der Waals surface area contributed by atoms with Crippen molar-refractivity contribution in [1.82, 2.24) is 4.57 Å². The van der Waals surface area contributed by atoms with Crippen molar-refractivity contribution in [3.8, 4) is 72.4 Å². The largest absolute Gasteiger partial charge is 0.310 e. The first kappa shape index (κ1) is 42.1. The summed E-state index contributed by atoms with van der Waals surface area (Å²) < 4.78 is 2.43. The molecule has 1 aliphatic rings. The Morgan fingerprint density at radius 1 is 0.282 bits per heavy atom. The molecule has 0 unspecified atom stereocenters. The maximum absolute atomic E-state index is 2.43. The van der Waals surface area contributed by atoms with Gasteiger partial charge in [-0.15, -0.1) is 0 Å². The molecule has 0 spiro atoms. The Balaban J connectivity index is 0.860. The molecule has 0 fully saturated rings. The number of hydrogen-bond acceptors (Lipinski definition) is 1. The molecule has 336 valence electrons. The van der Waals surface area contributed by atoms with Crippen molar-refractivity contribution in [2.24, 2.45) is 0 Å². The van der Waals surface area contributed by atoms with Crippen LogP contribution >= 0.6 is 0 Å². The number of benzene rings is 11. The van der Waals surface area contributed by atoms with E-state index in [1.807, 2.05) is 0 Å². The van der Waals surface area contributed by atoms with Crippen molar-refractivity contribution >= 4 is 38.9 Å². The number of rotatable bonds is 9. The zero-order valence-electron chi connectivity index (χ0n) is 39.8. The van der Waals surface area contributed by atoms with Crippen LogP contribution in [0.3, 0.4) is 0 Å². The van der Waals surface area contributed by atoms with E-state index >= 15 is 0 Å². The third-order valence-corrected chi connectivity index (χ3v) is 14.8. The van der Waals surface area contributed by atoms with Crippen LogP contribution in [0.4, 0.5) is 17.1 Å². The van der Waals surface area contributed by atoms with Gasteiger partial charge in [0.25, 0.3) is 0 Å². The molecule has 1 aliphatic carbocycles. The average molecular weight is 907 g/mol. The summed E-state index contributed by atoms with van der Waals surface area (Å²) in [5, 5.41) is 2.48. The van der Waals surface area contributed by atoms with Crippen LogP contribution in [0.2, 0.25) is 0 Å². The standard InChI is InChI=1S/C69H50N2/c1-69(2)65-27-13-12-26-61(65)62-39-38-60(46-66(62)69)70(57-34-28-50(29-35-57)47-16-6-3-7-17-47)58-36-30-51(31-37-58)52-22-14-23-53(42-52)54-24-15-25-59(43-54)71-67-40-32-55(48-18-8-4-9-19-48)44-63(67)64-45-56(33-41-68(64)71)49-20-10-5-11-21-49/h3-46H,1-2H3. The Bertz CT molecular complexity index is 3820. The van der Waals surface area contributed by atoms with Crippen molar-refractivity contribution in [2.75, 3.05) is 4.90 Å². The van der Waals surface area contributed by atoms with Gasteiger partial charge in [0, 0.05) is 38.9 Å². The minimum atomic E-state index is -0.109. The molecule has 0 atom stereocenters. The lowest BCUT2D eigenvalue weighted by Crippen LogP contribution is -2.16. The van der Waals surface area contributed by atoms with Crippen molar-refractivity contribution in [1.29, 1.82) is 0 Å². The van der Waals surface area contributed by atoms with Gasteiger partial charge in [-0.25, -0.2) is 0 Å². The number of aromatic nitrogens is 1. The Hall–Kier alpha value is -8.98. The fourth-order valence-electron chi connectivity index (χ4n) is 11.1. The third kappa shape index (κ3) is 7.44. The minimum Gasteiger partial charge on any atom is -0.310 e. The highest BCUT2D eigenvalue weighted by molar-refractivity contribution is 6.11. The first-order chi connectivity index (χ1) is 34.9. The lowest BCUT2D eigenvalue weighted by Gasteiger charge is -2.28. The summed E-state index contributed by atoms with van der Waals surface area (Å²) >= 11 is 0. The first-order valence-electron chi connectivity index (χ1n) is 24.7. The summed E-state index contributed by atoms with van der Waals surface area (Å²) in [6.07, 6.45) is 0.